The molecule has 35 heavy (non-hydrogen) atoms. The number of aliphatic imine (C=N–C) groups is 2. The van der Waals surface area contributed by atoms with Gasteiger partial charge in [0.05, 0.1) is 24.0 Å². The molecule has 0 radical (unpaired) electrons. The van der Waals surface area contributed by atoms with E-state index in [0.29, 0.717) is 11.3 Å². The number of carbonyl (C=O) groups excluding carboxylic acids is 1. The Bertz CT molecular complexity index is 1390. The molecule has 5 rings (SSSR count). The van der Waals surface area contributed by atoms with Crippen molar-refractivity contribution in [3.63, 3.8) is 0 Å². The third-order valence-electron chi connectivity index (χ3n) is 5.74. The molecule has 2 aliphatic heterocycles. The molecule has 2 amide bonds. The first-order valence-electron chi connectivity index (χ1n) is 10.4. The summed E-state index contributed by atoms with van der Waals surface area (Å²) in [6.45, 7) is 1.67. The lowest BCUT2D eigenvalue weighted by atomic mass is 10.1. The molecule has 1 fully saturated rings. The van der Waals surface area contributed by atoms with Gasteiger partial charge in [0.15, 0.2) is 17.5 Å². The molecule has 1 N–H and O–H groups in total. The van der Waals surface area contributed by atoms with Crippen molar-refractivity contribution in [1.29, 1.82) is 0 Å². The van der Waals surface area contributed by atoms with Gasteiger partial charge >= 0.3 is 6.03 Å². The van der Waals surface area contributed by atoms with Crippen LogP contribution in [0.3, 0.4) is 0 Å². The fraction of sp³-hybridized carbons (Fsp3) is 0.174. The van der Waals surface area contributed by atoms with Crippen molar-refractivity contribution in [1.82, 2.24) is 25.3 Å². The van der Waals surface area contributed by atoms with Gasteiger partial charge in [0, 0.05) is 18.8 Å². The third-order valence-corrected chi connectivity index (χ3v) is 5.74. The number of aromatic nitrogens is 2. The second-order valence-electron chi connectivity index (χ2n) is 7.98. The molecule has 0 saturated carbocycles. The lowest BCUT2D eigenvalue weighted by molar-refractivity contribution is 0.222. The number of nitrogens with one attached hydrogen (secondary N) is 1. The average molecular weight is 483 g/mol. The lowest BCUT2D eigenvalue weighted by Crippen LogP contribution is -2.61. The molecule has 12 heteroatoms. The summed E-state index contributed by atoms with van der Waals surface area (Å²) < 4.78 is 56.2. The minimum absolute atomic E-state index is 0.0132. The molecule has 3 aromatic rings. The van der Waals surface area contributed by atoms with Crippen LogP contribution in [0.1, 0.15) is 17.2 Å². The maximum absolute atomic E-state index is 14.7. The van der Waals surface area contributed by atoms with Gasteiger partial charge in [0.25, 0.3) is 0 Å². The molecule has 2 aliphatic rings. The topological polar surface area (TPSA) is 86.1 Å². The van der Waals surface area contributed by atoms with Gasteiger partial charge in [-0.3, -0.25) is 15.1 Å². The van der Waals surface area contributed by atoms with Crippen LogP contribution in [-0.4, -0.2) is 51.5 Å². The summed E-state index contributed by atoms with van der Waals surface area (Å²) in [5.41, 5.74) is 1.32. The number of carbonyl (C=O) groups is 1. The van der Waals surface area contributed by atoms with Crippen LogP contribution in [0.5, 0.6) is 0 Å². The smallest absolute Gasteiger partial charge is 0.277 e. The minimum atomic E-state index is -1.58. The Hall–Kier alpha value is -4.35. The van der Waals surface area contributed by atoms with Crippen LogP contribution < -0.4 is 5.32 Å². The highest BCUT2D eigenvalue weighted by molar-refractivity contribution is 6.16. The van der Waals surface area contributed by atoms with Crippen LogP contribution in [0.2, 0.25) is 0 Å². The van der Waals surface area contributed by atoms with Crippen LogP contribution in [0.25, 0.3) is 11.3 Å². The Morgan fingerprint density at radius 3 is 2.51 bits per heavy atom. The monoisotopic (exact) mass is 483 g/mol. The van der Waals surface area contributed by atoms with Crippen molar-refractivity contribution >= 4 is 23.6 Å². The molecule has 1 aromatic heterocycles. The number of rotatable bonds is 3. The number of aryl methyl sites for hydroxylation is 1. The van der Waals surface area contributed by atoms with Crippen LogP contribution in [0, 0.1) is 30.2 Å². The molecular weight excluding hydrogens is 466 g/mol. The van der Waals surface area contributed by atoms with Crippen molar-refractivity contribution in [2.75, 3.05) is 13.6 Å². The van der Waals surface area contributed by atoms with Gasteiger partial charge < -0.3 is 0 Å². The van der Waals surface area contributed by atoms with Crippen LogP contribution in [0.15, 0.2) is 52.6 Å². The van der Waals surface area contributed by atoms with E-state index in [-0.39, 0.29) is 35.3 Å². The van der Waals surface area contributed by atoms with Crippen molar-refractivity contribution in [2.45, 2.75) is 13.0 Å². The molecule has 1 atom stereocenters. The van der Waals surface area contributed by atoms with Crippen molar-refractivity contribution in [3.05, 3.63) is 77.0 Å². The Morgan fingerprint density at radius 2 is 1.83 bits per heavy atom. The largest absolute Gasteiger partial charge is 0.330 e. The number of hydrogen-bond donors (Lipinski definition) is 1. The van der Waals surface area contributed by atoms with Gasteiger partial charge in [-0.15, -0.1) is 0 Å². The molecule has 0 bridgehead atoms. The van der Waals surface area contributed by atoms with Crippen molar-refractivity contribution < 1.29 is 22.4 Å². The fourth-order valence-corrected chi connectivity index (χ4v) is 3.95. The summed E-state index contributed by atoms with van der Waals surface area (Å²) >= 11 is 0. The van der Waals surface area contributed by atoms with Crippen molar-refractivity contribution in [3.8, 4) is 11.3 Å². The summed E-state index contributed by atoms with van der Waals surface area (Å²) in [6, 6.07) is 6.39. The zero-order valence-electron chi connectivity index (χ0n) is 18.4. The first-order valence-corrected chi connectivity index (χ1v) is 10.4. The van der Waals surface area contributed by atoms with Gasteiger partial charge in [-0.25, -0.2) is 32.3 Å². The number of fused-ring (bicyclic) bond motifs is 1. The maximum atomic E-state index is 14.7. The highest BCUT2D eigenvalue weighted by Gasteiger charge is 2.41. The summed E-state index contributed by atoms with van der Waals surface area (Å²) in [4.78, 5) is 24.1. The maximum Gasteiger partial charge on any atom is 0.330 e. The third kappa shape index (κ3) is 3.86. The normalized spacial score (nSPS) is 18.6. The molecule has 0 aliphatic carbocycles. The molecule has 3 heterocycles. The molecule has 2 aromatic carbocycles. The number of halogens is 4. The summed E-state index contributed by atoms with van der Waals surface area (Å²) in [6.07, 6.45) is 1.46. The Balaban J connectivity index is 1.61. The van der Waals surface area contributed by atoms with Gasteiger partial charge in [-0.1, -0.05) is 0 Å². The van der Waals surface area contributed by atoms with E-state index < -0.39 is 35.3 Å². The second-order valence-corrected chi connectivity index (χ2v) is 7.98. The first kappa shape index (κ1) is 22.4. The predicted octanol–water partition coefficient (Wildman–Crippen LogP) is 4.06. The zero-order chi connectivity index (χ0) is 24.9. The van der Waals surface area contributed by atoms with E-state index in [0.717, 1.165) is 12.1 Å². The number of hydrogen-bond acceptors (Lipinski definition) is 5. The van der Waals surface area contributed by atoms with E-state index in [4.69, 9.17) is 0 Å². The van der Waals surface area contributed by atoms with Crippen LogP contribution >= 0.6 is 0 Å². The highest BCUT2D eigenvalue weighted by Crippen LogP contribution is 2.34. The van der Waals surface area contributed by atoms with Gasteiger partial charge in [0.2, 0.25) is 11.9 Å². The number of guanidine groups is 2. The van der Waals surface area contributed by atoms with E-state index >= 15 is 0 Å². The van der Waals surface area contributed by atoms with Crippen LogP contribution in [-0.2, 0) is 0 Å². The van der Waals surface area contributed by atoms with E-state index in [2.05, 4.69) is 25.5 Å². The Morgan fingerprint density at radius 1 is 1.09 bits per heavy atom. The van der Waals surface area contributed by atoms with Crippen LogP contribution in [0.4, 0.5) is 28.0 Å². The minimum Gasteiger partial charge on any atom is -0.277 e. The highest BCUT2D eigenvalue weighted by atomic mass is 19.2. The quantitative estimate of drug-likeness (QED) is 0.450. The predicted molar refractivity (Wildman–Crippen MR) is 119 cm³/mol. The van der Waals surface area contributed by atoms with Gasteiger partial charge in [-0.05, 0) is 54.4 Å². The van der Waals surface area contributed by atoms with E-state index in [9.17, 15) is 22.4 Å². The van der Waals surface area contributed by atoms with Crippen molar-refractivity contribution in [2.24, 2.45) is 9.98 Å². The summed E-state index contributed by atoms with van der Waals surface area (Å²) in [5.74, 6) is -4.59. The van der Waals surface area contributed by atoms with Gasteiger partial charge in [0.1, 0.15) is 5.82 Å². The number of benzene rings is 2. The van der Waals surface area contributed by atoms with E-state index in [1.807, 2.05) is 0 Å². The molecule has 1 saturated heterocycles. The Kier molecular flexibility index (Phi) is 5.42. The first-order chi connectivity index (χ1) is 16.7. The number of nitrogens with zero attached hydrogens (tertiary/aromatic N) is 6. The summed E-state index contributed by atoms with van der Waals surface area (Å²) in [5, 5.41) is 10.3. The SMILES string of the molecule is Cc1cc(F)c(-c2cccnn2)cc1N=C1NC(=O)N(C)C2=NCC(c3cc(F)c(F)c(F)c3)N12. The molecule has 0 spiro atoms. The van der Waals surface area contributed by atoms with E-state index in [1.165, 1.54) is 35.2 Å². The summed E-state index contributed by atoms with van der Waals surface area (Å²) in [7, 11) is 1.47. The standard InChI is InChI=1S/C23H17F4N7O/c1-11-6-14(24)13(17-4-3-5-29-32-17)9-18(11)30-21-31-23(35)33(2)22-28-10-19(34(21)22)12-7-15(25)20(27)16(26)8-12/h3-9,19H,10H2,1-2H3,(H,30,31,35). The molecule has 8 nitrogen and oxygen atoms in total. The average Bonchev–Trinajstić information content (AvgIpc) is 3.28. The molecular formula is C23H17F4N7O. The lowest BCUT2D eigenvalue weighted by Gasteiger charge is -2.36. The van der Waals surface area contributed by atoms with E-state index in [1.54, 1.807) is 19.1 Å². The number of urea groups is 1. The van der Waals surface area contributed by atoms with Gasteiger partial charge in [-0.2, -0.15) is 10.2 Å². The second kappa shape index (κ2) is 8.46. The molecule has 1 unspecified atom stereocenters. The zero-order valence-corrected chi connectivity index (χ0v) is 18.4. The fourth-order valence-electron chi connectivity index (χ4n) is 3.95. The molecule has 178 valence electrons. The number of amides is 2. The Labute approximate surface area is 196 Å².